The first-order chi connectivity index (χ1) is 8.83. The van der Waals surface area contributed by atoms with E-state index in [9.17, 15) is 0 Å². The first-order valence-corrected chi connectivity index (χ1v) is 6.96. The van der Waals surface area contributed by atoms with Crippen molar-refractivity contribution in [2.45, 2.75) is 19.4 Å². The molecule has 2 aromatic rings. The van der Waals surface area contributed by atoms with Crippen LogP contribution in [0.4, 0.5) is 0 Å². The van der Waals surface area contributed by atoms with Crippen LogP contribution in [0.3, 0.4) is 0 Å². The zero-order chi connectivity index (χ0) is 12.8. The Kier molecular flexibility index (Phi) is 4.73. The lowest BCUT2D eigenvalue weighted by Crippen LogP contribution is -2.22. The topological polar surface area (TPSA) is 34.2 Å². The van der Waals surface area contributed by atoms with Crippen molar-refractivity contribution in [3.05, 3.63) is 46.4 Å². The molecule has 1 N–H and O–H groups in total. The number of hydrogen-bond acceptors (Lipinski definition) is 4. The molecule has 0 bridgehead atoms. The molecular weight excluding hydrogens is 244 g/mol. The van der Waals surface area contributed by atoms with Crippen LogP contribution in [-0.4, -0.2) is 18.6 Å². The molecule has 0 aliphatic carbocycles. The number of pyridine rings is 1. The summed E-state index contributed by atoms with van der Waals surface area (Å²) in [4.78, 5) is 5.60. The Morgan fingerprint density at radius 1 is 1.44 bits per heavy atom. The Balaban J connectivity index is 2.17. The van der Waals surface area contributed by atoms with Gasteiger partial charge < -0.3 is 10.1 Å². The first kappa shape index (κ1) is 13.1. The third kappa shape index (κ3) is 3.31. The van der Waals surface area contributed by atoms with Gasteiger partial charge in [0.15, 0.2) is 0 Å². The minimum atomic E-state index is 0.288. The first-order valence-electron chi connectivity index (χ1n) is 6.08. The van der Waals surface area contributed by atoms with E-state index in [0.29, 0.717) is 0 Å². The maximum absolute atomic E-state index is 5.23. The molecule has 0 radical (unpaired) electrons. The monoisotopic (exact) mass is 262 g/mol. The number of nitrogens with zero attached hydrogens (tertiary/aromatic N) is 1. The summed E-state index contributed by atoms with van der Waals surface area (Å²) in [5.74, 6) is 0.807. The lowest BCUT2D eigenvalue weighted by atomic mass is 10.0. The van der Waals surface area contributed by atoms with Gasteiger partial charge in [0.25, 0.3) is 0 Å². The molecule has 2 rings (SSSR count). The molecule has 0 saturated heterocycles. The highest BCUT2D eigenvalue weighted by atomic mass is 32.1. The molecule has 0 spiro atoms. The lowest BCUT2D eigenvalue weighted by molar-refractivity contribution is 0.410. The number of nitrogens with one attached hydrogen (secondary N) is 1. The van der Waals surface area contributed by atoms with Crippen LogP contribution >= 0.6 is 11.3 Å². The molecule has 96 valence electrons. The van der Waals surface area contributed by atoms with Crippen LogP contribution in [0.2, 0.25) is 0 Å². The summed E-state index contributed by atoms with van der Waals surface area (Å²) in [6.07, 6.45) is 4.63. The Labute approximate surface area is 112 Å². The molecule has 0 aliphatic heterocycles. The Hall–Kier alpha value is -1.39. The van der Waals surface area contributed by atoms with E-state index in [-0.39, 0.29) is 6.04 Å². The van der Waals surface area contributed by atoms with Gasteiger partial charge in [-0.15, -0.1) is 11.3 Å². The van der Waals surface area contributed by atoms with Crippen LogP contribution < -0.4 is 10.1 Å². The molecule has 2 heterocycles. The van der Waals surface area contributed by atoms with Gasteiger partial charge in [-0.1, -0.05) is 13.0 Å². The van der Waals surface area contributed by atoms with Crippen molar-refractivity contribution in [3.63, 3.8) is 0 Å². The van der Waals surface area contributed by atoms with Gasteiger partial charge in [-0.3, -0.25) is 4.98 Å². The molecule has 0 aromatic carbocycles. The van der Waals surface area contributed by atoms with Gasteiger partial charge in [0.05, 0.1) is 13.3 Å². The van der Waals surface area contributed by atoms with Crippen molar-refractivity contribution in [3.8, 4) is 5.75 Å². The summed E-state index contributed by atoms with van der Waals surface area (Å²) in [6, 6.07) is 6.60. The summed E-state index contributed by atoms with van der Waals surface area (Å²) >= 11 is 1.79. The van der Waals surface area contributed by atoms with Gasteiger partial charge >= 0.3 is 0 Å². The predicted molar refractivity (Wildman–Crippen MR) is 75.2 cm³/mol. The molecule has 18 heavy (non-hydrogen) atoms. The van der Waals surface area contributed by atoms with E-state index in [0.717, 1.165) is 18.7 Å². The molecule has 0 amide bonds. The van der Waals surface area contributed by atoms with E-state index < -0.39 is 0 Å². The number of aromatic nitrogens is 1. The average Bonchev–Trinajstić information content (AvgIpc) is 2.91. The second-order valence-corrected chi connectivity index (χ2v) is 5.08. The van der Waals surface area contributed by atoms with Gasteiger partial charge in [-0.05, 0) is 29.6 Å². The molecule has 2 aromatic heterocycles. The molecule has 4 heteroatoms. The van der Waals surface area contributed by atoms with Crippen LogP contribution in [-0.2, 0) is 6.42 Å². The Morgan fingerprint density at radius 2 is 2.33 bits per heavy atom. The number of thiophene rings is 1. The molecule has 1 atom stereocenters. The predicted octanol–water partition coefficient (Wildman–Crippen LogP) is 3.05. The molecule has 0 aliphatic rings. The van der Waals surface area contributed by atoms with E-state index in [1.165, 1.54) is 10.4 Å². The van der Waals surface area contributed by atoms with Crippen molar-refractivity contribution in [1.29, 1.82) is 0 Å². The number of hydrogen-bond donors (Lipinski definition) is 1. The fourth-order valence-corrected chi connectivity index (χ4v) is 2.67. The smallest absolute Gasteiger partial charge is 0.137 e. The van der Waals surface area contributed by atoms with Crippen LogP contribution in [0.15, 0.2) is 36.0 Å². The zero-order valence-electron chi connectivity index (χ0n) is 10.7. The zero-order valence-corrected chi connectivity index (χ0v) is 11.5. The van der Waals surface area contributed by atoms with E-state index in [1.54, 1.807) is 24.6 Å². The SMILES string of the molecule is CCNC(Cc1cccs1)c1cncc(OC)c1. The lowest BCUT2D eigenvalue weighted by Gasteiger charge is -2.17. The van der Waals surface area contributed by atoms with Gasteiger partial charge in [0.2, 0.25) is 0 Å². The second-order valence-electron chi connectivity index (χ2n) is 4.05. The van der Waals surface area contributed by atoms with E-state index in [1.807, 2.05) is 12.3 Å². The highest BCUT2D eigenvalue weighted by Gasteiger charge is 2.12. The fourth-order valence-electron chi connectivity index (χ4n) is 1.92. The number of methoxy groups -OCH3 is 1. The van der Waals surface area contributed by atoms with E-state index >= 15 is 0 Å². The largest absolute Gasteiger partial charge is 0.495 e. The van der Waals surface area contributed by atoms with Crippen molar-refractivity contribution in [2.24, 2.45) is 0 Å². The molecular formula is C14H18N2OS. The highest BCUT2D eigenvalue weighted by molar-refractivity contribution is 7.09. The van der Waals surface area contributed by atoms with Crippen LogP contribution in [0.1, 0.15) is 23.4 Å². The van der Waals surface area contributed by atoms with Gasteiger partial charge in [-0.2, -0.15) is 0 Å². The van der Waals surface area contributed by atoms with Crippen molar-refractivity contribution >= 4 is 11.3 Å². The summed E-state index contributed by atoms with van der Waals surface area (Å²) in [5.41, 5.74) is 1.17. The van der Waals surface area contributed by atoms with Crippen molar-refractivity contribution < 1.29 is 4.74 Å². The van der Waals surface area contributed by atoms with Crippen molar-refractivity contribution in [1.82, 2.24) is 10.3 Å². The average molecular weight is 262 g/mol. The van der Waals surface area contributed by atoms with Crippen LogP contribution in [0, 0.1) is 0 Å². The highest BCUT2D eigenvalue weighted by Crippen LogP contribution is 2.23. The molecule has 1 unspecified atom stereocenters. The van der Waals surface area contributed by atoms with E-state index in [2.05, 4.69) is 34.7 Å². The normalized spacial score (nSPS) is 12.3. The standard InChI is InChI=1S/C14H18N2OS/c1-3-16-14(8-13-5-4-6-18-13)11-7-12(17-2)10-15-9-11/h4-7,9-10,14,16H,3,8H2,1-2H3. The fraction of sp³-hybridized carbons (Fsp3) is 0.357. The quantitative estimate of drug-likeness (QED) is 0.869. The molecule has 3 nitrogen and oxygen atoms in total. The maximum Gasteiger partial charge on any atom is 0.137 e. The van der Waals surface area contributed by atoms with Gasteiger partial charge in [0, 0.05) is 23.5 Å². The minimum absolute atomic E-state index is 0.288. The van der Waals surface area contributed by atoms with Crippen molar-refractivity contribution in [2.75, 3.05) is 13.7 Å². The third-order valence-electron chi connectivity index (χ3n) is 2.81. The van der Waals surface area contributed by atoms with Crippen LogP contribution in [0.25, 0.3) is 0 Å². The van der Waals surface area contributed by atoms with E-state index in [4.69, 9.17) is 4.74 Å². The maximum atomic E-state index is 5.23. The minimum Gasteiger partial charge on any atom is -0.495 e. The molecule has 0 saturated carbocycles. The van der Waals surface area contributed by atoms with Gasteiger partial charge in [0.1, 0.15) is 5.75 Å². The summed E-state index contributed by atoms with van der Waals surface area (Å²) in [6.45, 7) is 3.06. The Morgan fingerprint density at radius 3 is 3.00 bits per heavy atom. The second kappa shape index (κ2) is 6.52. The Bertz CT molecular complexity index is 470. The number of likely N-dealkylation sites (N-methyl/N-ethyl adjacent to an activating group) is 1. The number of rotatable bonds is 6. The summed E-state index contributed by atoms with van der Waals surface area (Å²) < 4.78 is 5.23. The summed E-state index contributed by atoms with van der Waals surface area (Å²) in [7, 11) is 1.67. The van der Waals surface area contributed by atoms with Crippen LogP contribution in [0.5, 0.6) is 5.75 Å². The number of ether oxygens (including phenoxy) is 1. The molecule has 0 fully saturated rings. The van der Waals surface area contributed by atoms with Gasteiger partial charge in [-0.25, -0.2) is 0 Å². The third-order valence-corrected chi connectivity index (χ3v) is 3.71. The summed E-state index contributed by atoms with van der Waals surface area (Å²) in [5, 5.41) is 5.61.